The summed E-state index contributed by atoms with van der Waals surface area (Å²) in [6, 6.07) is 13.0. The van der Waals surface area contributed by atoms with Gasteiger partial charge in [-0.05, 0) is 30.7 Å². The Morgan fingerprint density at radius 3 is 2.44 bits per heavy atom. The fourth-order valence-corrected chi connectivity index (χ4v) is 1.94. The Hall–Kier alpha value is -3.03. The van der Waals surface area contributed by atoms with E-state index in [4.69, 9.17) is 10.5 Å². The normalized spacial score (nSPS) is 9.22. The van der Waals surface area contributed by atoms with E-state index in [1.165, 1.54) is 0 Å². The van der Waals surface area contributed by atoms with Crippen molar-refractivity contribution in [2.75, 3.05) is 0 Å². The Kier molecular flexibility index (Phi) is 2.83. The monoisotopic (exact) mass is 232 g/mol. The van der Waals surface area contributed by atoms with Crippen LogP contribution in [-0.4, -0.2) is 4.40 Å². The van der Waals surface area contributed by atoms with E-state index in [0.29, 0.717) is 5.69 Å². The smallest absolute Gasteiger partial charge is 0.149 e. The Labute approximate surface area is 104 Å². The molecular formula is C14H8N4. The van der Waals surface area contributed by atoms with E-state index in [-0.39, 0.29) is 11.1 Å². The summed E-state index contributed by atoms with van der Waals surface area (Å²) in [6.45, 7) is 1.85. The van der Waals surface area contributed by atoms with E-state index in [1.54, 1.807) is 18.3 Å². The van der Waals surface area contributed by atoms with Gasteiger partial charge in [-0.2, -0.15) is 15.8 Å². The second kappa shape index (κ2) is 4.45. The van der Waals surface area contributed by atoms with E-state index >= 15 is 0 Å². The van der Waals surface area contributed by atoms with Gasteiger partial charge >= 0.3 is 0 Å². The van der Waals surface area contributed by atoms with Crippen LogP contribution in [0.2, 0.25) is 0 Å². The van der Waals surface area contributed by atoms with Crippen molar-refractivity contribution in [2.45, 2.75) is 6.92 Å². The average Bonchev–Trinajstić information content (AvgIpc) is 2.72. The van der Waals surface area contributed by atoms with E-state index in [0.717, 1.165) is 11.1 Å². The molecule has 0 unspecified atom stereocenters. The Balaban J connectivity index is 2.89. The maximum Gasteiger partial charge on any atom is 0.149 e. The molecule has 0 aliphatic heterocycles. The van der Waals surface area contributed by atoms with E-state index < -0.39 is 0 Å². The maximum absolute atomic E-state index is 9.19. The standard InChI is InChI=1S/C14H8N4/c1-10-6-12-4-2-3-5-18(12)14(10)13(9-17)11(7-15)8-16/h2-6H,1H3. The molecule has 0 aromatic carbocycles. The number of nitriles is 3. The first kappa shape index (κ1) is 11.5. The quantitative estimate of drug-likeness (QED) is 0.709. The van der Waals surface area contributed by atoms with Gasteiger partial charge in [-0.15, -0.1) is 0 Å². The van der Waals surface area contributed by atoms with Gasteiger partial charge in [0.2, 0.25) is 0 Å². The van der Waals surface area contributed by atoms with Crippen molar-refractivity contribution in [3.63, 3.8) is 0 Å². The molecule has 18 heavy (non-hydrogen) atoms. The van der Waals surface area contributed by atoms with Crippen molar-refractivity contribution in [3.05, 3.63) is 47.3 Å². The predicted molar refractivity (Wildman–Crippen MR) is 65.9 cm³/mol. The highest BCUT2D eigenvalue weighted by atomic mass is 14.9. The third kappa shape index (κ3) is 1.61. The average molecular weight is 232 g/mol. The van der Waals surface area contributed by atoms with Crippen LogP contribution >= 0.6 is 0 Å². The number of aromatic nitrogens is 1. The van der Waals surface area contributed by atoms with Crippen molar-refractivity contribution in [1.29, 1.82) is 15.8 Å². The van der Waals surface area contributed by atoms with Crippen LogP contribution in [-0.2, 0) is 0 Å². The minimum absolute atomic E-state index is 0.115. The van der Waals surface area contributed by atoms with Crippen LogP contribution in [0.3, 0.4) is 0 Å². The minimum atomic E-state index is -0.163. The highest BCUT2D eigenvalue weighted by Gasteiger charge is 2.15. The predicted octanol–water partition coefficient (Wildman–Crippen LogP) is 2.57. The second-order valence-electron chi connectivity index (χ2n) is 3.76. The first-order valence-corrected chi connectivity index (χ1v) is 5.24. The maximum atomic E-state index is 9.19. The zero-order chi connectivity index (χ0) is 13.1. The molecule has 0 fully saturated rings. The van der Waals surface area contributed by atoms with Gasteiger partial charge in [0.25, 0.3) is 0 Å². The number of allylic oxidation sites excluding steroid dienone is 2. The topological polar surface area (TPSA) is 75.8 Å². The van der Waals surface area contributed by atoms with Crippen LogP contribution in [0, 0.1) is 40.9 Å². The molecule has 0 atom stereocenters. The first-order chi connectivity index (χ1) is 8.72. The van der Waals surface area contributed by atoms with Crippen LogP contribution in [0.1, 0.15) is 11.3 Å². The number of hydrogen-bond acceptors (Lipinski definition) is 3. The Bertz CT molecular complexity index is 757. The van der Waals surface area contributed by atoms with Crippen molar-refractivity contribution >= 4 is 11.1 Å². The highest BCUT2D eigenvalue weighted by Crippen LogP contribution is 2.25. The van der Waals surface area contributed by atoms with Gasteiger partial charge in [-0.25, -0.2) is 0 Å². The summed E-state index contributed by atoms with van der Waals surface area (Å²) in [7, 11) is 0. The molecule has 84 valence electrons. The third-order valence-corrected chi connectivity index (χ3v) is 2.69. The van der Waals surface area contributed by atoms with Gasteiger partial charge in [0.15, 0.2) is 0 Å². The summed E-state index contributed by atoms with van der Waals surface area (Å²) in [5, 5.41) is 27.0. The highest BCUT2D eigenvalue weighted by molar-refractivity contribution is 5.86. The molecule has 0 aliphatic rings. The van der Waals surface area contributed by atoms with Crippen molar-refractivity contribution in [1.82, 2.24) is 4.40 Å². The van der Waals surface area contributed by atoms with E-state index in [1.807, 2.05) is 41.7 Å². The Morgan fingerprint density at radius 2 is 1.83 bits per heavy atom. The molecule has 0 bridgehead atoms. The summed E-state index contributed by atoms with van der Waals surface area (Å²) in [5.41, 5.74) is 2.34. The molecule has 0 aliphatic carbocycles. The molecule has 4 nitrogen and oxygen atoms in total. The molecule has 0 radical (unpaired) electrons. The van der Waals surface area contributed by atoms with E-state index in [9.17, 15) is 5.26 Å². The number of hydrogen-bond donors (Lipinski definition) is 0. The molecule has 2 heterocycles. The van der Waals surface area contributed by atoms with Crippen molar-refractivity contribution < 1.29 is 0 Å². The summed E-state index contributed by atoms with van der Waals surface area (Å²) in [6.07, 6.45) is 1.81. The Morgan fingerprint density at radius 1 is 1.11 bits per heavy atom. The van der Waals surface area contributed by atoms with Crippen LogP contribution < -0.4 is 0 Å². The van der Waals surface area contributed by atoms with E-state index in [2.05, 4.69) is 0 Å². The molecule has 0 spiro atoms. The lowest BCUT2D eigenvalue weighted by molar-refractivity contribution is 1.15. The molecule has 2 aromatic rings. The van der Waals surface area contributed by atoms with Gasteiger partial charge in [0.05, 0.1) is 5.69 Å². The third-order valence-electron chi connectivity index (χ3n) is 2.69. The largest absolute Gasteiger partial charge is 0.316 e. The van der Waals surface area contributed by atoms with Crippen molar-refractivity contribution in [3.8, 4) is 18.2 Å². The van der Waals surface area contributed by atoms with Crippen molar-refractivity contribution in [2.24, 2.45) is 0 Å². The summed E-state index contributed by atoms with van der Waals surface area (Å²) in [5.74, 6) is 0. The van der Waals surface area contributed by atoms with Gasteiger partial charge in [-0.3, -0.25) is 0 Å². The molecule has 0 N–H and O–H groups in total. The molecule has 0 amide bonds. The fraction of sp³-hybridized carbons (Fsp3) is 0.0714. The van der Waals surface area contributed by atoms with Crippen LogP contribution in [0.15, 0.2) is 36.0 Å². The number of pyridine rings is 1. The van der Waals surface area contributed by atoms with Crippen LogP contribution in [0.25, 0.3) is 11.1 Å². The lowest BCUT2D eigenvalue weighted by Crippen LogP contribution is -1.95. The molecule has 0 saturated heterocycles. The lowest BCUT2D eigenvalue weighted by Gasteiger charge is -2.02. The summed E-state index contributed by atoms with van der Waals surface area (Å²) < 4.78 is 1.81. The van der Waals surface area contributed by atoms with Crippen LogP contribution in [0.4, 0.5) is 0 Å². The van der Waals surface area contributed by atoms with Gasteiger partial charge in [-0.1, -0.05) is 6.07 Å². The molecule has 2 rings (SSSR count). The lowest BCUT2D eigenvalue weighted by atomic mass is 10.1. The zero-order valence-electron chi connectivity index (χ0n) is 9.68. The minimum Gasteiger partial charge on any atom is -0.316 e. The number of nitrogens with zero attached hydrogens (tertiary/aromatic N) is 4. The SMILES string of the molecule is Cc1cc2ccccn2c1C(C#N)=C(C#N)C#N. The number of fused-ring (bicyclic) bond motifs is 1. The summed E-state index contributed by atoms with van der Waals surface area (Å²) in [4.78, 5) is 0. The molecule has 0 saturated carbocycles. The van der Waals surface area contributed by atoms with Crippen LogP contribution in [0.5, 0.6) is 0 Å². The van der Waals surface area contributed by atoms with Gasteiger partial charge < -0.3 is 4.40 Å². The first-order valence-electron chi connectivity index (χ1n) is 5.24. The molecular weight excluding hydrogens is 224 g/mol. The van der Waals surface area contributed by atoms with Gasteiger partial charge in [0.1, 0.15) is 29.4 Å². The van der Waals surface area contributed by atoms with Gasteiger partial charge in [0, 0.05) is 11.7 Å². The second-order valence-corrected chi connectivity index (χ2v) is 3.76. The molecule has 2 aromatic heterocycles. The molecule has 4 heteroatoms. The number of aryl methyl sites for hydroxylation is 1. The summed E-state index contributed by atoms with van der Waals surface area (Å²) >= 11 is 0. The zero-order valence-corrected chi connectivity index (χ0v) is 9.68. The fourth-order valence-electron chi connectivity index (χ4n) is 1.94. The number of rotatable bonds is 1.